The van der Waals surface area contributed by atoms with E-state index in [9.17, 15) is 9.59 Å². The lowest BCUT2D eigenvalue weighted by molar-refractivity contribution is -0.0674. The molecule has 21 heavy (non-hydrogen) atoms. The van der Waals surface area contributed by atoms with Gasteiger partial charge in [0.15, 0.2) is 5.69 Å². The van der Waals surface area contributed by atoms with Crippen LogP contribution in [-0.2, 0) is 4.74 Å². The van der Waals surface area contributed by atoms with Crippen molar-refractivity contribution in [1.82, 2.24) is 15.6 Å². The number of aromatic carboxylic acids is 1. The second kappa shape index (κ2) is 6.40. The Kier molecular flexibility index (Phi) is 4.79. The van der Waals surface area contributed by atoms with Gasteiger partial charge in [0.2, 0.25) is 0 Å². The van der Waals surface area contributed by atoms with Crippen LogP contribution in [0.4, 0.5) is 4.79 Å². The van der Waals surface area contributed by atoms with Gasteiger partial charge in [-0.05, 0) is 26.2 Å². The van der Waals surface area contributed by atoms with E-state index in [1.54, 1.807) is 14.0 Å². The van der Waals surface area contributed by atoms with E-state index >= 15 is 0 Å². The Labute approximate surface area is 126 Å². The summed E-state index contributed by atoms with van der Waals surface area (Å²) in [7, 11) is 1.66. The first-order chi connectivity index (χ1) is 9.96. The largest absolute Gasteiger partial charge is 0.476 e. The molecular weight excluding hydrogens is 294 g/mol. The van der Waals surface area contributed by atoms with E-state index in [1.807, 2.05) is 0 Å². The van der Waals surface area contributed by atoms with Crippen molar-refractivity contribution in [3.8, 4) is 0 Å². The molecule has 0 aromatic carbocycles. The monoisotopic (exact) mass is 313 g/mol. The fourth-order valence-electron chi connectivity index (χ4n) is 2.16. The third-order valence-electron chi connectivity index (χ3n) is 3.73. The SMILES string of the molecule is COC1(CNC(=O)NC(C)c2nc(C(=O)O)cs2)CCC1. The molecule has 1 fully saturated rings. The number of rotatable bonds is 6. The van der Waals surface area contributed by atoms with E-state index in [0.717, 1.165) is 19.3 Å². The highest BCUT2D eigenvalue weighted by Crippen LogP contribution is 2.34. The van der Waals surface area contributed by atoms with E-state index in [2.05, 4.69) is 15.6 Å². The summed E-state index contributed by atoms with van der Waals surface area (Å²) in [6, 6.07) is -0.652. The normalized spacial score (nSPS) is 17.6. The number of carbonyl (C=O) groups excluding carboxylic acids is 1. The van der Waals surface area contributed by atoms with Crippen LogP contribution in [0, 0.1) is 0 Å². The predicted molar refractivity (Wildman–Crippen MR) is 77.6 cm³/mol. The van der Waals surface area contributed by atoms with Gasteiger partial charge in [-0.15, -0.1) is 11.3 Å². The number of methoxy groups -OCH3 is 1. The zero-order valence-corrected chi connectivity index (χ0v) is 12.8. The first kappa shape index (κ1) is 15.7. The Bertz CT molecular complexity index is 522. The molecule has 0 aliphatic heterocycles. The van der Waals surface area contributed by atoms with Gasteiger partial charge in [0, 0.05) is 19.0 Å². The molecule has 0 radical (unpaired) electrons. The summed E-state index contributed by atoms with van der Waals surface area (Å²) >= 11 is 1.21. The zero-order chi connectivity index (χ0) is 15.5. The van der Waals surface area contributed by atoms with Crippen molar-refractivity contribution in [2.45, 2.75) is 37.8 Å². The van der Waals surface area contributed by atoms with E-state index in [4.69, 9.17) is 9.84 Å². The molecule has 1 atom stereocenters. The average Bonchev–Trinajstić information content (AvgIpc) is 2.87. The Balaban J connectivity index is 1.82. The number of carboxylic acid groups (broad SMARTS) is 1. The van der Waals surface area contributed by atoms with Gasteiger partial charge in [0.1, 0.15) is 5.01 Å². The van der Waals surface area contributed by atoms with Crippen LogP contribution in [0.1, 0.15) is 47.7 Å². The zero-order valence-electron chi connectivity index (χ0n) is 12.0. The third-order valence-corrected chi connectivity index (χ3v) is 4.76. The van der Waals surface area contributed by atoms with Gasteiger partial charge in [-0.2, -0.15) is 0 Å². The summed E-state index contributed by atoms with van der Waals surface area (Å²) in [6.07, 6.45) is 3.02. The highest BCUT2D eigenvalue weighted by atomic mass is 32.1. The van der Waals surface area contributed by atoms with Crippen LogP contribution in [-0.4, -0.2) is 41.3 Å². The van der Waals surface area contributed by atoms with E-state index < -0.39 is 5.97 Å². The molecule has 1 aliphatic rings. The molecule has 7 nitrogen and oxygen atoms in total. The Morgan fingerprint density at radius 3 is 2.76 bits per heavy atom. The predicted octanol–water partition coefficient (Wildman–Crippen LogP) is 1.77. The number of nitrogens with one attached hydrogen (secondary N) is 2. The van der Waals surface area contributed by atoms with Gasteiger partial charge in [0.05, 0.1) is 11.6 Å². The molecule has 2 rings (SSSR count). The van der Waals surface area contributed by atoms with Crippen LogP contribution in [0.5, 0.6) is 0 Å². The standard InChI is InChI=1S/C13H19N3O4S/c1-8(10-16-9(6-21-10)11(17)18)15-12(19)14-7-13(20-2)4-3-5-13/h6,8H,3-5,7H2,1-2H3,(H,17,18)(H2,14,15,19). The lowest BCUT2D eigenvalue weighted by Crippen LogP contribution is -2.51. The summed E-state index contributed by atoms with van der Waals surface area (Å²) in [5.41, 5.74) is -0.227. The van der Waals surface area contributed by atoms with Crippen LogP contribution in [0.2, 0.25) is 0 Å². The van der Waals surface area contributed by atoms with Crippen LogP contribution in [0.3, 0.4) is 0 Å². The number of carboxylic acids is 1. The van der Waals surface area contributed by atoms with Crippen molar-refractivity contribution in [1.29, 1.82) is 0 Å². The number of carbonyl (C=O) groups is 2. The number of thiazole rings is 1. The second-order valence-electron chi connectivity index (χ2n) is 5.17. The van der Waals surface area contributed by atoms with E-state index in [1.165, 1.54) is 16.7 Å². The van der Waals surface area contributed by atoms with Gasteiger partial charge in [-0.3, -0.25) is 0 Å². The van der Waals surface area contributed by atoms with Gasteiger partial charge >= 0.3 is 12.0 Å². The first-order valence-corrected chi connectivity index (χ1v) is 7.62. The summed E-state index contributed by atoms with van der Waals surface area (Å²) < 4.78 is 5.43. The highest BCUT2D eigenvalue weighted by Gasteiger charge is 2.37. The topological polar surface area (TPSA) is 101 Å². The molecular formula is C13H19N3O4S. The van der Waals surface area contributed by atoms with Gasteiger partial charge in [0.25, 0.3) is 0 Å². The molecule has 3 N–H and O–H groups in total. The number of nitrogens with zero attached hydrogens (tertiary/aromatic N) is 1. The maximum absolute atomic E-state index is 11.9. The summed E-state index contributed by atoms with van der Waals surface area (Å²) in [6.45, 7) is 2.24. The van der Waals surface area contributed by atoms with Crippen molar-refractivity contribution >= 4 is 23.3 Å². The summed E-state index contributed by atoms with van der Waals surface area (Å²) in [4.78, 5) is 26.6. The quantitative estimate of drug-likeness (QED) is 0.743. The number of hydrogen-bond donors (Lipinski definition) is 3. The van der Waals surface area contributed by atoms with Crippen molar-refractivity contribution in [3.63, 3.8) is 0 Å². The summed E-state index contributed by atoms with van der Waals surface area (Å²) in [5.74, 6) is -1.07. The van der Waals surface area contributed by atoms with E-state index in [-0.39, 0.29) is 23.4 Å². The highest BCUT2D eigenvalue weighted by molar-refractivity contribution is 7.09. The van der Waals surface area contributed by atoms with Gasteiger partial charge < -0.3 is 20.5 Å². The average molecular weight is 313 g/mol. The van der Waals surface area contributed by atoms with Crippen molar-refractivity contribution in [2.24, 2.45) is 0 Å². The third kappa shape index (κ3) is 3.70. The number of urea groups is 1. The van der Waals surface area contributed by atoms with Gasteiger partial charge in [-0.25, -0.2) is 14.6 Å². The van der Waals surface area contributed by atoms with Crippen LogP contribution >= 0.6 is 11.3 Å². The van der Waals surface area contributed by atoms with Crippen LogP contribution in [0.15, 0.2) is 5.38 Å². The van der Waals surface area contributed by atoms with E-state index in [0.29, 0.717) is 11.6 Å². The second-order valence-corrected chi connectivity index (χ2v) is 6.06. The fraction of sp³-hybridized carbons (Fsp3) is 0.615. The van der Waals surface area contributed by atoms with Crippen molar-refractivity contribution < 1.29 is 19.4 Å². The maximum Gasteiger partial charge on any atom is 0.355 e. The summed E-state index contributed by atoms with van der Waals surface area (Å²) in [5, 5.41) is 16.4. The maximum atomic E-state index is 11.9. The minimum Gasteiger partial charge on any atom is -0.476 e. The van der Waals surface area contributed by atoms with Crippen molar-refractivity contribution in [3.05, 3.63) is 16.1 Å². The molecule has 116 valence electrons. The Hall–Kier alpha value is -1.67. The molecule has 1 aromatic rings. The Morgan fingerprint density at radius 2 is 2.29 bits per heavy atom. The molecule has 1 saturated carbocycles. The number of aromatic nitrogens is 1. The van der Waals surface area contributed by atoms with Crippen LogP contribution in [0.25, 0.3) is 0 Å². The molecule has 1 aromatic heterocycles. The first-order valence-electron chi connectivity index (χ1n) is 6.74. The smallest absolute Gasteiger partial charge is 0.355 e. The lowest BCUT2D eigenvalue weighted by atomic mass is 9.80. The fourth-order valence-corrected chi connectivity index (χ4v) is 2.96. The van der Waals surface area contributed by atoms with Gasteiger partial charge in [-0.1, -0.05) is 0 Å². The molecule has 1 aliphatic carbocycles. The molecule has 1 unspecified atom stereocenters. The number of hydrogen-bond acceptors (Lipinski definition) is 5. The minimum atomic E-state index is -1.07. The minimum absolute atomic E-state index is 0.00291. The molecule has 8 heteroatoms. The molecule has 2 amide bonds. The number of amides is 2. The molecule has 0 spiro atoms. The Morgan fingerprint density at radius 1 is 1.57 bits per heavy atom. The molecule has 1 heterocycles. The molecule has 0 saturated heterocycles. The van der Waals surface area contributed by atoms with Crippen LogP contribution < -0.4 is 10.6 Å². The lowest BCUT2D eigenvalue weighted by Gasteiger charge is -2.40. The number of ether oxygens (including phenoxy) is 1. The van der Waals surface area contributed by atoms with Crippen molar-refractivity contribution in [2.75, 3.05) is 13.7 Å². The molecule has 0 bridgehead atoms.